The molecule has 82 valence electrons. The van der Waals surface area contributed by atoms with Gasteiger partial charge in [-0.3, -0.25) is 0 Å². The Morgan fingerprint density at radius 3 is 2.73 bits per heavy atom. The van der Waals surface area contributed by atoms with Crippen molar-refractivity contribution in [3.63, 3.8) is 0 Å². The molecular formula is C13H17BrO. The van der Waals surface area contributed by atoms with Crippen molar-refractivity contribution in [1.82, 2.24) is 0 Å². The van der Waals surface area contributed by atoms with Gasteiger partial charge in [0.15, 0.2) is 0 Å². The number of benzene rings is 1. The van der Waals surface area contributed by atoms with Gasteiger partial charge in [-0.1, -0.05) is 46.3 Å². The van der Waals surface area contributed by atoms with Crippen LogP contribution in [0.25, 0.3) is 0 Å². The molecule has 1 nitrogen and oxygen atoms in total. The van der Waals surface area contributed by atoms with Gasteiger partial charge in [0.2, 0.25) is 0 Å². The van der Waals surface area contributed by atoms with Crippen LogP contribution in [0.15, 0.2) is 30.3 Å². The molecule has 0 N–H and O–H groups in total. The van der Waals surface area contributed by atoms with Crippen LogP contribution in [0.4, 0.5) is 0 Å². The Morgan fingerprint density at radius 1 is 1.40 bits per heavy atom. The first-order chi connectivity index (χ1) is 7.25. The predicted molar refractivity (Wildman–Crippen MR) is 66.4 cm³/mol. The quantitative estimate of drug-likeness (QED) is 0.764. The molecule has 15 heavy (non-hydrogen) atoms. The molecule has 2 heteroatoms. The van der Waals surface area contributed by atoms with Crippen LogP contribution in [-0.4, -0.2) is 17.5 Å². The summed E-state index contributed by atoms with van der Waals surface area (Å²) in [5, 5.41) is 0. The van der Waals surface area contributed by atoms with Gasteiger partial charge in [0.05, 0.1) is 12.7 Å². The Morgan fingerprint density at radius 2 is 2.13 bits per heavy atom. The largest absolute Gasteiger partial charge is 0.378 e. The summed E-state index contributed by atoms with van der Waals surface area (Å²) in [4.78, 5) is 0.546. The van der Waals surface area contributed by atoms with Crippen molar-refractivity contribution in [2.75, 3.05) is 6.61 Å². The van der Waals surface area contributed by atoms with E-state index in [0.717, 1.165) is 13.0 Å². The third kappa shape index (κ3) is 3.05. The van der Waals surface area contributed by atoms with Gasteiger partial charge < -0.3 is 4.74 Å². The molecule has 1 aliphatic rings. The van der Waals surface area contributed by atoms with Crippen molar-refractivity contribution in [2.45, 2.75) is 30.7 Å². The van der Waals surface area contributed by atoms with Crippen molar-refractivity contribution in [3.05, 3.63) is 35.9 Å². The Balaban J connectivity index is 1.90. The Kier molecular flexibility index (Phi) is 3.81. The van der Waals surface area contributed by atoms with E-state index in [1.165, 1.54) is 12.0 Å². The standard InChI is InChI=1S/C13H17BrO/c1-10-7-12(9-15-10)13(14)8-11-5-3-2-4-6-11/h2-6,10,12-13H,7-9H2,1H3. The number of ether oxygens (including phenoxy) is 1. The summed E-state index contributed by atoms with van der Waals surface area (Å²) in [7, 11) is 0. The molecule has 0 aliphatic carbocycles. The Labute approximate surface area is 100.0 Å². The van der Waals surface area contributed by atoms with Gasteiger partial charge in [-0.15, -0.1) is 0 Å². The van der Waals surface area contributed by atoms with Gasteiger partial charge >= 0.3 is 0 Å². The third-order valence-corrected chi connectivity index (χ3v) is 4.09. The van der Waals surface area contributed by atoms with Crippen molar-refractivity contribution in [1.29, 1.82) is 0 Å². The minimum atomic E-state index is 0.436. The van der Waals surface area contributed by atoms with E-state index in [1.807, 2.05) is 0 Å². The van der Waals surface area contributed by atoms with Crippen molar-refractivity contribution in [2.24, 2.45) is 5.92 Å². The van der Waals surface area contributed by atoms with E-state index in [4.69, 9.17) is 4.74 Å². The molecule has 1 fully saturated rings. The smallest absolute Gasteiger partial charge is 0.0551 e. The van der Waals surface area contributed by atoms with Crippen LogP contribution in [0.5, 0.6) is 0 Å². The summed E-state index contributed by atoms with van der Waals surface area (Å²) in [6, 6.07) is 10.6. The summed E-state index contributed by atoms with van der Waals surface area (Å²) in [6.07, 6.45) is 2.72. The number of halogens is 1. The molecule has 1 saturated heterocycles. The van der Waals surface area contributed by atoms with Gasteiger partial charge in [-0.05, 0) is 31.2 Å². The summed E-state index contributed by atoms with van der Waals surface area (Å²) in [6.45, 7) is 3.06. The van der Waals surface area contributed by atoms with Crippen LogP contribution in [0.2, 0.25) is 0 Å². The molecule has 0 radical (unpaired) electrons. The van der Waals surface area contributed by atoms with Crippen LogP contribution in [0.3, 0.4) is 0 Å². The molecule has 1 aliphatic heterocycles. The van der Waals surface area contributed by atoms with Crippen molar-refractivity contribution in [3.8, 4) is 0 Å². The molecule has 1 heterocycles. The zero-order chi connectivity index (χ0) is 10.7. The number of hydrogen-bond acceptors (Lipinski definition) is 1. The molecule has 0 aromatic heterocycles. The highest BCUT2D eigenvalue weighted by molar-refractivity contribution is 9.09. The predicted octanol–water partition coefficient (Wildman–Crippen LogP) is 3.42. The van der Waals surface area contributed by atoms with Crippen molar-refractivity contribution < 1.29 is 4.74 Å². The highest BCUT2D eigenvalue weighted by atomic mass is 79.9. The Bertz CT molecular complexity index is 299. The number of hydrogen-bond donors (Lipinski definition) is 0. The molecule has 0 saturated carbocycles. The first kappa shape index (κ1) is 11.2. The maximum absolute atomic E-state index is 5.59. The zero-order valence-electron chi connectivity index (χ0n) is 9.03. The van der Waals surface area contributed by atoms with Gasteiger partial charge in [0.1, 0.15) is 0 Å². The summed E-state index contributed by atoms with van der Waals surface area (Å²) < 4.78 is 5.59. The molecule has 0 spiro atoms. The van der Waals surface area contributed by atoms with E-state index in [1.54, 1.807) is 0 Å². The SMILES string of the molecule is CC1CC(C(Br)Cc2ccccc2)CO1. The molecule has 1 aromatic rings. The maximum atomic E-state index is 5.59. The molecule has 0 bridgehead atoms. The Hall–Kier alpha value is -0.340. The zero-order valence-corrected chi connectivity index (χ0v) is 10.6. The summed E-state index contributed by atoms with van der Waals surface area (Å²) in [5.74, 6) is 0.667. The molecule has 2 rings (SSSR count). The second-order valence-corrected chi connectivity index (χ2v) is 5.52. The van der Waals surface area contributed by atoms with E-state index >= 15 is 0 Å². The van der Waals surface area contributed by atoms with Crippen LogP contribution in [-0.2, 0) is 11.2 Å². The van der Waals surface area contributed by atoms with E-state index in [-0.39, 0.29) is 0 Å². The highest BCUT2D eigenvalue weighted by Crippen LogP contribution is 2.28. The lowest BCUT2D eigenvalue weighted by Gasteiger charge is -2.15. The van der Waals surface area contributed by atoms with Gasteiger partial charge in [0.25, 0.3) is 0 Å². The van der Waals surface area contributed by atoms with E-state index in [0.29, 0.717) is 16.8 Å². The molecule has 1 aromatic carbocycles. The topological polar surface area (TPSA) is 9.23 Å². The van der Waals surface area contributed by atoms with Gasteiger partial charge in [-0.2, -0.15) is 0 Å². The number of rotatable bonds is 3. The van der Waals surface area contributed by atoms with Gasteiger partial charge in [0, 0.05) is 4.83 Å². The van der Waals surface area contributed by atoms with E-state index in [2.05, 4.69) is 53.2 Å². The first-order valence-electron chi connectivity index (χ1n) is 5.55. The van der Waals surface area contributed by atoms with Crippen LogP contribution >= 0.6 is 15.9 Å². The van der Waals surface area contributed by atoms with E-state index < -0.39 is 0 Å². The summed E-state index contributed by atoms with van der Waals surface area (Å²) in [5.41, 5.74) is 1.40. The lowest BCUT2D eigenvalue weighted by atomic mass is 9.97. The monoisotopic (exact) mass is 268 g/mol. The fraction of sp³-hybridized carbons (Fsp3) is 0.538. The minimum Gasteiger partial charge on any atom is -0.378 e. The summed E-state index contributed by atoms with van der Waals surface area (Å²) >= 11 is 3.79. The number of alkyl halides is 1. The molecular weight excluding hydrogens is 252 g/mol. The fourth-order valence-corrected chi connectivity index (χ4v) is 2.85. The first-order valence-corrected chi connectivity index (χ1v) is 6.47. The lowest BCUT2D eigenvalue weighted by molar-refractivity contribution is 0.120. The molecule has 3 atom stereocenters. The highest BCUT2D eigenvalue weighted by Gasteiger charge is 2.27. The second kappa shape index (κ2) is 5.13. The fourth-order valence-electron chi connectivity index (χ4n) is 2.11. The van der Waals surface area contributed by atoms with Crippen LogP contribution < -0.4 is 0 Å². The average Bonchev–Trinajstić information content (AvgIpc) is 2.66. The third-order valence-electron chi connectivity index (χ3n) is 3.01. The normalized spacial score (nSPS) is 27.9. The van der Waals surface area contributed by atoms with Gasteiger partial charge in [-0.25, -0.2) is 0 Å². The average molecular weight is 269 g/mol. The minimum absolute atomic E-state index is 0.436. The molecule has 3 unspecified atom stereocenters. The molecule has 0 amide bonds. The second-order valence-electron chi connectivity index (χ2n) is 4.35. The lowest BCUT2D eigenvalue weighted by Crippen LogP contribution is -2.17. The van der Waals surface area contributed by atoms with Crippen molar-refractivity contribution >= 4 is 15.9 Å². The van der Waals surface area contributed by atoms with E-state index in [9.17, 15) is 0 Å². The van der Waals surface area contributed by atoms with Crippen LogP contribution in [0.1, 0.15) is 18.9 Å². The van der Waals surface area contributed by atoms with Crippen LogP contribution in [0, 0.1) is 5.92 Å². The maximum Gasteiger partial charge on any atom is 0.0551 e.